The van der Waals surface area contributed by atoms with Crippen molar-refractivity contribution in [2.45, 2.75) is 30.8 Å². The monoisotopic (exact) mass is 325 g/mol. The van der Waals surface area contributed by atoms with E-state index in [1.165, 1.54) is 17.5 Å². The predicted molar refractivity (Wildman–Crippen MR) is 97.6 cm³/mol. The minimum Gasteiger partial charge on any atom is -0.339 e. The quantitative estimate of drug-likeness (QED) is 0.791. The van der Waals surface area contributed by atoms with E-state index in [4.69, 9.17) is 0 Å². The Bertz CT molecular complexity index is 618. The van der Waals surface area contributed by atoms with Crippen LogP contribution in [-0.4, -0.2) is 23.9 Å². The van der Waals surface area contributed by atoms with E-state index in [0.717, 1.165) is 43.0 Å². The molecule has 0 atom stereocenters. The number of rotatable bonds is 5. The van der Waals surface area contributed by atoms with Gasteiger partial charge in [-0.25, -0.2) is 0 Å². The predicted octanol–water partition coefficient (Wildman–Crippen LogP) is 4.75. The van der Waals surface area contributed by atoms with Gasteiger partial charge in [0, 0.05) is 30.2 Å². The molecule has 23 heavy (non-hydrogen) atoms. The van der Waals surface area contributed by atoms with Gasteiger partial charge in [0.2, 0.25) is 0 Å². The van der Waals surface area contributed by atoms with E-state index >= 15 is 0 Å². The molecular weight excluding hydrogens is 302 g/mol. The van der Waals surface area contributed by atoms with Crippen LogP contribution < -0.4 is 0 Å². The number of likely N-dealkylation sites (tertiary alicyclic amines) is 1. The van der Waals surface area contributed by atoms with Gasteiger partial charge in [-0.15, -0.1) is 0 Å². The van der Waals surface area contributed by atoms with E-state index in [9.17, 15) is 4.79 Å². The molecular formula is C20H23NOS. The highest BCUT2D eigenvalue weighted by Crippen LogP contribution is 2.19. The molecule has 2 nitrogen and oxygen atoms in total. The molecule has 0 N–H and O–H groups in total. The number of nitrogens with zero attached hydrogens (tertiary/aromatic N) is 1. The molecule has 0 aromatic heterocycles. The van der Waals surface area contributed by atoms with Gasteiger partial charge in [-0.2, -0.15) is 11.8 Å². The van der Waals surface area contributed by atoms with E-state index < -0.39 is 0 Å². The van der Waals surface area contributed by atoms with Gasteiger partial charge in [0.25, 0.3) is 5.91 Å². The van der Waals surface area contributed by atoms with Crippen molar-refractivity contribution in [3.8, 4) is 0 Å². The van der Waals surface area contributed by atoms with Gasteiger partial charge < -0.3 is 4.90 Å². The first-order valence-corrected chi connectivity index (χ1v) is 9.48. The molecule has 0 aliphatic carbocycles. The highest BCUT2D eigenvalue weighted by molar-refractivity contribution is 7.97. The second-order valence-corrected chi connectivity index (χ2v) is 7.01. The summed E-state index contributed by atoms with van der Waals surface area (Å²) >= 11 is 1.91. The number of carbonyl (C=O) groups is 1. The molecule has 0 saturated carbocycles. The van der Waals surface area contributed by atoms with Crippen LogP contribution in [0.4, 0.5) is 0 Å². The summed E-state index contributed by atoms with van der Waals surface area (Å²) in [4.78, 5) is 14.4. The molecule has 2 aromatic carbocycles. The van der Waals surface area contributed by atoms with Crippen molar-refractivity contribution in [1.29, 1.82) is 0 Å². The summed E-state index contributed by atoms with van der Waals surface area (Å²) < 4.78 is 0. The fraction of sp³-hybridized carbons (Fsp3) is 0.350. The van der Waals surface area contributed by atoms with Gasteiger partial charge in [0.1, 0.15) is 0 Å². The molecule has 1 aliphatic heterocycles. The highest BCUT2D eigenvalue weighted by atomic mass is 32.2. The molecule has 120 valence electrons. The average Bonchev–Trinajstić information content (AvgIpc) is 2.63. The van der Waals surface area contributed by atoms with E-state index in [2.05, 4.69) is 36.4 Å². The summed E-state index contributed by atoms with van der Waals surface area (Å²) in [6, 6.07) is 18.7. The number of thioether (sulfide) groups is 1. The number of benzene rings is 2. The Morgan fingerprint density at radius 3 is 2.09 bits per heavy atom. The zero-order valence-electron chi connectivity index (χ0n) is 13.4. The van der Waals surface area contributed by atoms with Crippen molar-refractivity contribution in [3.63, 3.8) is 0 Å². The van der Waals surface area contributed by atoms with Crippen molar-refractivity contribution in [1.82, 2.24) is 4.90 Å². The van der Waals surface area contributed by atoms with Crippen LogP contribution in [0.3, 0.4) is 0 Å². The third kappa shape index (κ3) is 4.61. The van der Waals surface area contributed by atoms with Gasteiger partial charge >= 0.3 is 0 Å². The average molecular weight is 325 g/mol. The van der Waals surface area contributed by atoms with Crippen molar-refractivity contribution < 1.29 is 4.79 Å². The first kappa shape index (κ1) is 16.1. The van der Waals surface area contributed by atoms with Crippen molar-refractivity contribution in [2.75, 3.05) is 13.1 Å². The maximum Gasteiger partial charge on any atom is 0.253 e. The molecule has 1 amide bonds. The molecule has 2 aromatic rings. The van der Waals surface area contributed by atoms with Gasteiger partial charge in [0.05, 0.1) is 0 Å². The summed E-state index contributed by atoms with van der Waals surface area (Å²) in [5, 5.41) is 0. The normalized spacial score (nSPS) is 14.7. The molecule has 0 unspecified atom stereocenters. The van der Waals surface area contributed by atoms with Crippen LogP contribution in [0.5, 0.6) is 0 Å². The van der Waals surface area contributed by atoms with Crippen LogP contribution in [0.25, 0.3) is 0 Å². The van der Waals surface area contributed by atoms with Crippen molar-refractivity contribution in [3.05, 3.63) is 71.3 Å². The Morgan fingerprint density at radius 1 is 0.826 bits per heavy atom. The van der Waals surface area contributed by atoms with Crippen LogP contribution in [0.15, 0.2) is 54.6 Å². The molecule has 0 spiro atoms. The Morgan fingerprint density at radius 2 is 1.43 bits per heavy atom. The Balaban J connectivity index is 1.51. The van der Waals surface area contributed by atoms with Gasteiger partial charge in [0.15, 0.2) is 0 Å². The Labute approximate surface area is 142 Å². The summed E-state index contributed by atoms with van der Waals surface area (Å²) in [5.74, 6) is 2.19. The second kappa shape index (κ2) is 8.21. The summed E-state index contributed by atoms with van der Waals surface area (Å²) in [6.07, 6.45) is 3.53. The summed E-state index contributed by atoms with van der Waals surface area (Å²) in [6.45, 7) is 1.82. The molecule has 1 heterocycles. The number of hydrogen-bond donors (Lipinski definition) is 0. The van der Waals surface area contributed by atoms with Gasteiger partial charge in [-0.3, -0.25) is 4.79 Å². The summed E-state index contributed by atoms with van der Waals surface area (Å²) in [7, 11) is 0. The molecule has 0 bridgehead atoms. The third-order valence-electron chi connectivity index (χ3n) is 4.22. The fourth-order valence-electron chi connectivity index (χ4n) is 2.88. The van der Waals surface area contributed by atoms with Crippen molar-refractivity contribution in [2.24, 2.45) is 0 Å². The standard InChI is InChI=1S/C20H23NOS/c22-20(21-13-5-2-6-14-21)19-11-9-18(10-12-19)16-23-15-17-7-3-1-4-8-17/h1,3-4,7-12H,2,5-6,13-16H2. The van der Waals surface area contributed by atoms with Gasteiger partial charge in [-0.1, -0.05) is 42.5 Å². The Hall–Kier alpha value is -1.74. The van der Waals surface area contributed by atoms with E-state index in [1.54, 1.807) is 0 Å². The minimum atomic E-state index is 0.188. The van der Waals surface area contributed by atoms with E-state index in [0.29, 0.717) is 0 Å². The van der Waals surface area contributed by atoms with Crippen molar-refractivity contribution >= 4 is 17.7 Å². The SMILES string of the molecule is O=C(c1ccc(CSCc2ccccc2)cc1)N1CCCCC1. The molecule has 1 saturated heterocycles. The van der Waals surface area contributed by atoms with E-state index in [1.807, 2.05) is 34.9 Å². The lowest BCUT2D eigenvalue weighted by molar-refractivity contribution is 0.0724. The van der Waals surface area contributed by atoms with E-state index in [-0.39, 0.29) is 5.91 Å². The fourth-order valence-corrected chi connectivity index (χ4v) is 3.84. The minimum absolute atomic E-state index is 0.188. The second-order valence-electron chi connectivity index (χ2n) is 6.03. The van der Waals surface area contributed by atoms with Crippen LogP contribution in [0, 0.1) is 0 Å². The molecule has 3 rings (SSSR count). The molecule has 0 radical (unpaired) electrons. The zero-order valence-corrected chi connectivity index (χ0v) is 14.2. The third-order valence-corrected chi connectivity index (χ3v) is 5.30. The molecule has 1 aliphatic rings. The topological polar surface area (TPSA) is 20.3 Å². The number of piperidine rings is 1. The van der Waals surface area contributed by atoms with Crippen LogP contribution in [0.1, 0.15) is 40.7 Å². The van der Waals surface area contributed by atoms with Crippen LogP contribution in [-0.2, 0) is 11.5 Å². The van der Waals surface area contributed by atoms with Crippen LogP contribution >= 0.6 is 11.8 Å². The lowest BCUT2D eigenvalue weighted by Gasteiger charge is -2.26. The molecule has 1 fully saturated rings. The number of hydrogen-bond acceptors (Lipinski definition) is 2. The maximum atomic E-state index is 12.4. The smallest absolute Gasteiger partial charge is 0.253 e. The largest absolute Gasteiger partial charge is 0.339 e. The maximum absolute atomic E-state index is 12.4. The number of carbonyl (C=O) groups excluding carboxylic acids is 1. The summed E-state index contributed by atoms with van der Waals surface area (Å²) in [5.41, 5.74) is 3.46. The number of amides is 1. The van der Waals surface area contributed by atoms with Gasteiger partial charge in [-0.05, 0) is 42.5 Å². The zero-order chi connectivity index (χ0) is 15.9. The lowest BCUT2D eigenvalue weighted by Crippen LogP contribution is -2.35. The first-order chi connectivity index (χ1) is 11.3. The lowest BCUT2D eigenvalue weighted by atomic mass is 10.1. The highest BCUT2D eigenvalue weighted by Gasteiger charge is 2.17. The molecule has 3 heteroatoms. The first-order valence-electron chi connectivity index (χ1n) is 8.33. The Kier molecular flexibility index (Phi) is 5.76. The van der Waals surface area contributed by atoms with Crippen LogP contribution in [0.2, 0.25) is 0 Å².